The maximum Gasteiger partial charge on any atom is 0.177 e. The Balaban J connectivity index is 1.94. The number of halogens is 3. The second-order valence-corrected chi connectivity index (χ2v) is 4.62. The smallest absolute Gasteiger partial charge is 0.177 e. The molecule has 1 aliphatic rings. The molecule has 1 aliphatic heterocycles. The van der Waals surface area contributed by atoms with Gasteiger partial charge in [-0.15, -0.1) is 0 Å². The molecule has 0 radical (unpaired) electrons. The zero-order valence-corrected chi connectivity index (χ0v) is 10.2. The lowest BCUT2D eigenvalue weighted by atomic mass is 10.1. The van der Waals surface area contributed by atoms with E-state index >= 15 is 0 Å². The molecule has 0 saturated carbocycles. The third-order valence-electron chi connectivity index (χ3n) is 2.97. The molecule has 0 aromatic heterocycles. The fourth-order valence-electron chi connectivity index (χ4n) is 1.97. The zero-order chi connectivity index (χ0) is 12.3. The highest BCUT2D eigenvalue weighted by Gasteiger charge is 2.12. The highest BCUT2D eigenvalue weighted by atomic mass is 35.5. The van der Waals surface area contributed by atoms with E-state index in [4.69, 9.17) is 11.6 Å². The quantitative estimate of drug-likeness (QED) is 0.837. The van der Waals surface area contributed by atoms with Crippen LogP contribution in [0.1, 0.15) is 5.56 Å². The number of piperazine rings is 1. The molecule has 17 heavy (non-hydrogen) atoms. The minimum Gasteiger partial charge on any atom is -0.314 e. The van der Waals surface area contributed by atoms with Gasteiger partial charge in [-0.3, -0.25) is 0 Å². The summed E-state index contributed by atoms with van der Waals surface area (Å²) in [7, 11) is 0. The van der Waals surface area contributed by atoms with Crippen molar-refractivity contribution < 1.29 is 8.78 Å². The van der Waals surface area contributed by atoms with Crippen LogP contribution in [-0.2, 0) is 6.42 Å². The lowest BCUT2D eigenvalue weighted by Crippen LogP contribution is -2.44. The lowest BCUT2D eigenvalue weighted by molar-refractivity contribution is 0.244. The normalized spacial score (nSPS) is 17.4. The first-order chi connectivity index (χ1) is 8.16. The third kappa shape index (κ3) is 3.37. The molecule has 2 rings (SSSR count). The van der Waals surface area contributed by atoms with Gasteiger partial charge in [-0.25, -0.2) is 8.78 Å². The first kappa shape index (κ1) is 12.7. The van der Waals surface area contributed by atoms with Crippen molar-refractivity contribution in [1.82, 2.24) is 10.2 Å². The predicted octanol–water partition coefficient (Wildman–Crippen LogP) is 2.07. The Morgan fingerprint density at radius 3 is 2.59 bits per heavy atom. The van der Waals surface area contributed by atoms with Crippen LogP contribution in [0, 0.1) is 11.6 Å². The lowest BCUT2D eigenvalue weighted by Gasteiger charge is -2.27. The molecule has 1 heterocycles. The van der Waals surface area contributed by atoms with Crippen LogP contribution in [0.3, 0.4) is 0 Å². The number of rotatable bonds is 3. The average molecular weight is 261 g/mol. The molecule has 0 bridgehead atoms. The van der Waals surface area contributed by atoms with Crippen LogP contribution in [0.4, 0.5) is 8.78 Å². The second-order valence-electron chi connectivity index (χ2n) is 4.22. The summed E-state index contributed by atoms with van der Waals surface area (Å²) in [6.07, 6.45) is 0.691. The summed E-state index contributed by atoms with van der Waals surface area (Å²) in [5, 5.41) is 3.13. The molecule has 0 spiro atoms. The fourth-order valence-corrected chi connectivity index (χ4v) is 2.20. The molecular weight excluding hydrogens is 246 g/mol. The van der Waals surface area contributed by atoms with Crippen molar-refractivity contribution >= 4 is 11.6 Å². The maximum atomic E-state index is 13.1. The van der Waals surface area contributed by atoms with Crippen molar-refractivity contribution in [3.8, 4) is 0 Å². The maximum absolute atomic E-state index is 13.1. The molecule has 2 nitrogen and oxygen atoms in total. The summed E-state index contributed by atoms with van der Waals surface area (Å²) in [6, 6.07) is 2.73. The van der Waals surface area contributed by atoms with E-state index in [2.05, 4.69) is 10.2 Å². The van der Waals surface area contributed by atoms with Crippen molar-refractivity contribution in [2.45, 2.75) is 6.42 Å². The van der Waals surface area contributed by atoms with Gasteiger partial charge >= 0.3 is 0 Å². The molecule has 0 atom stereocenters. The molecule has 0 unspecified atom stereocenters. The van der Waals surface area contributed by atoms with Crippen molar-refractivity contribution in [2.24, 2.45) is 0 Å². The number of nitrogens with zero attached hydrogens (tertiary/aromatic N) is 1. The molecule has 1 saturated heterocycles. The summed E-state index contributed by atoms with van der Waals surface area (Å²) < 4.78 is 26.1. The highest BCUT2D eigenvalue weighted by Crippen LogP contribution is 2.20. The minimum atomic E-state index is -0.961. The standard InChI is InChI=1S/C12H15ClF2N2/c13-10-7-9(8-11(14)12(10)15)1-4-17-5-2-16-3-6-17/h7-8,16H,1-6H2. The summed E-state index contributed by atoms with van der Waals surface area (Å²) in [6.45, 7) is 4.81. The molecule has 1 aromatic rings. The van der Waals surface area contributed by atoms with Gasteiger partial charge < -0.3 is 10.2 Å². The molecule has 5 heteroatoms. The van der Waals surface area contributed by atoms with Gasteiger partial charge in [0.1, 0.15) is 0 Å². The molecular formula is C12H15ClF2N2. The molecule has 1 N–H and O–H groups in total. The summed E-state index contributed by atoms with van der Waals surface area (Å²) in [5.41, 5.74) is 0.743. The first-order valence-corrected chi connectivity index (χ1v) is 6.11. The monoisotopic (exact) mass is 260 g/mol. The Labute approximate surface area is 105 Å². The van der Waals surface area contributed by atoms with Gasteiger partial charge in [0.15, 0.2) is 11.6 Å². The SMILES string of the molecule is Fc1cc(CCN2CCNCC2)cc(Cl)c1F. The largest absolute Gasteiger partial charge is 0.314 e. The van der Waals surface area contributed by atoms with Crippen molar-refractivity contribution in [1.29, 1.82) is 0 Å². The van der Waals surface area contributed by atoms with Gasteiger partial charge in [0, 0.05) is 32.7 Å². The van der Waals surface area contributed by atoms with Crippen LogP contribution < -0.4 is 5.32 Å². The molecule has 1 fully saturated rings. The highest BCUT2D eigenvalue weighted by molar-refractivity contribution is 6.30. The van der Waals surface area contributed by atoms with E-state index in [1.54, 1.807) is 0 Å². The Morgan fingerprint density at radius 1 is 1.24 bits per heavy atom. The fraction of sp³-hybridized carbons (Fsp3) is 0.500. The number of nitrogens with one attached hydrogen (secondary N) is 1. The Kier molecular flexibility index (Phi) is 4.31. The van der Waals surface area contributed by atoms with Gasteiger partial charge in [-0.2, -0.15) is 0 Å². The van der Waals surface area contributed by atoms with Crippen LogP contribution in [0.5, 0.6) is 0 Å². The number of hydrogen-bond donors (Lipinski definition) is 1. The van der Waals surface area contributed by atoms with Gasteiger partial charge in [-0.1, -0.05) is 11.6 Å². The van der Waals surface area contributed by atoms with Crippen LogP contribution in [0.2, 0.25) is 5.02 Å². The van der Waals surface area contributed by atoms with Gasteiger partial charge in [0.2, 0.25) is 0 Å². The predicted molar refractivity (Wildman–Crippen MR) is 64.4 cm³/mol. The molecule has 94 valence electrons. The first-order valence-electron chi connectivity index (χ1n) is 5.73. The summed E-state index contributed by atoms with van der Waals surface area (Å²) in [5.74, 6) is -1.83. The van der Waals surface area contributed by atoms with Crippen molar-refractivity contribution in [3.05, 3.63) is 34.4 Å². The Bertz CT molecular complexity index is 369. The van der Waals surface area contributed by atoms with Gasteiger partial charge in [0.25, 0.3) is 0 Å². The van der Waals surface area contributed by atoms with Crippen LogP contribution in [0.15, 0.2) is 12.1 Å². The van der Waals surface area contributed by atoms with E-state index in [1.807, 2.05) is 0 Å². The van der Waals surface area contributed by atoms with Gasteiger partial charge in [0.05, 0.1) is 5.02 Å². The van der Waals surface area contributed by atoms with Crippen LogP contribution in [-0.4, -0.2) is 37.6 Å². The van der Waals surface area contributed by atoms with Crippen molar-refractivity contribution in [2.75, 3.05) is 32.7 Å². The minimum absolute atomic E-state index is 0.139. The third-order valence-corrected chi connectivity index (χ3v) is 3.24. The van der Waals surface area contributed by atoms with Crippen LogP contribution in [0.25, 0.3) is 0 Å². The van der Waals surface area contributed by atoms with Crippen molar-refractivity contribution in [3.63, 3.8) is 0 Å². The van der Waals surface area contributed by atoms with E-state index in [1.165, 1.54) is 12.1 Å². The number of benzene rings is 1. The van der Waals surface area contributed by atoms with E-state index in [-0.39, 0.29) is 5.02 Å². The molecule has 1 aromatic carbocycles. The van der Waals surface area contributed by atoms with Crippen LogP contribution >= 0.6 is 11.6 Å². The number of hydrogen-bond acceptors (Lipinski definition) is 2. The summed E-state index contributed by atoms with van der Waals surface area (Å²) in [4.78, 5) is 2.30. The molecule has 0 amide bonds. The zero-order valence-electron chi connectivity index (χ0n) is 9.48. The Hall–Kier alpha value is -0.710. The second kappa shape index (κ2) is 5.76. The summed E-state index contributed by atoms with van der Waals surface area (Å²) >= 11 is 5.60. The van der Waals surface area contributed by atoms with E-state index in [9.17, 15) is 8.78 Å². The van der Waals surface area contributed by atoms with E-state index in [0.717, 1.165) is 38.3 Å². The van der Waals surface area contributed by atoms with Gasteiger partial charge in [-0.05, 0) is 24.1 Å². The topological polar surface area (TPSA) is 15.3 Å². The van der Waals surface area contributed by atoms with E-state index < -0.39 is 11.6 Å². The average Bonchev–Trinajstić information content (AvgIpc) is 2.34. The Morgan fingerprint density at radius 2 is 1.94 bits per heavy atom. The van der Waals surface area contributed by atoms with E-state index in [0.29, 0.717) is 6.42 Å². The molecule has 0 aliphatic carbocycles.